The quantitative estimate of drug-likeness (QED) is 0.0463. The standard InChI is InChI=1S/C29H21Cl3N2O3S.C29H21Cl2FN2O2.C28H18Cl4N2O.C28H18Cl3FN2O/c1-38(36,37)23-10-7-18(8-11-23)14-25-27(31)24-16-20(9-12-26(24)34-28(25)32)29(35,21-5-3-13-33-17-21)19-4-2-6-22(30)15-19;1-36-28-25(14-18-7-10-23(32)11-8-18)27(31)24-16-20(9-12-26(24)34-28)29(35,21-5-3-13-33-17-21)19-4-2-6-22(30)15-19;29-21-7-1-4-17(12-21)13-24-26(31)23-15-19(9-10-25(23)34-27(24)32)28(35,20-6-3-11-33-16-20)18-5-2-8-22(30)14-18;29-21-5-1-3-18(14-21)28(35,20-4-2-12-33-16-20)19-8-11-25-23(15-19)26(30)24(27(31)34-25)13-17-6-9-22(32)10-7-17/h2-13,15-17,35H,14H2,1H3;2-13,15-17,35H,14H2,1H3;2*1-12,14-16,35H,13H2. The summed E-state index contributed by atoms with van der Waals surface area (Å²) < 4.78 is 55.9. The Labute approximate surface area is 887 Å². The topological polar surface area (TPSA) is 227 Å². The predicted octanol–water partition coefficient (Wildman–Crippen LogP) is 29.6. The average molecular weight is 2170 g/mol. The highest BCUT2D eigenvalue weighted by molar-refractivity contribution is 7.90. The van der Waals surface area contributed by atoms with Crippen LogP contribution in [-0.4, -0.2) is 82.1 Å². The summed E-state index contributed by atoms with van der Waals surface area (Å²) in [7, 11) is -1.77. The Morgan fingerprint density at radius 3 is 0.799 bits per heavy atom. The fourth-order valence-corrected chi connectivity index (χ4v) is 21.0. The Balaban J connectivity index is 0.000000132. The molecule has 0 fully saturated rings. The minimum Gasteiger partial charge on any atom is -0.481 e. The van der Waals surface area contributed by atoms with Gasteiger partial charge in [-0.05, 0) is 237 Å². The van der Waals surface area contributed by atoms with Crippen LogP contribution < -0.4 is 4.74 Å². The lowest BCUT2D eigenvalue weighted by atomic mass is 9.80. The molecule has 0 spiro atoms. The number of benzene rings is 12. The first-order chi connectivity index (χ1) is 69.2. The SMILES string of the molecule is COc1nc2ccc(C(O)(c3cccnc3)c3cccc(Cl)c3)cc2c(Cl)c1Cc1ccc(F)cc1.CS(=O)(=O)c1ccc(Cc2c(Cl)nc3ccc(C(O)(c4cccnc4)c4cccc(Cl)c4)cc3c2Cl)cc1.OC(c1cccnc1)(c1cccc(Cl)c1)c1ccc2nc(Cl)c(Cc3ccc(F)cc3)c(Cl)c2c1.OC(c1cccnc1)(c1cccc(Cl)c1)c1ccc2nc(Cl)c(Cc3cccc(Cl)c3)c(Cl)c2c1. The maximum absolute atomic E-state index is 13.4. The molecule has 0 saturated heterocycles. The van der Waals surface area contributed by atoms with Crippen LogP contribution >= 0.6 is 139 Å². The van der Waals surface area contributed by atoms with Gasteiger partial charge in [0.2, 0.25) is 5.88 Å². The summed E-state index contributed by atoms with van der Waals surface area (Å²) in [5.41, 5.74) is 9.23. The molecule has 0 aliphatic rings. The molecule has 0 radical (unpaired) electrons. The highest BCUT2D eigenvalue weighted by Crippen LogP contribution is 2.48. The summed E-state index contributed by atoms with van der Waals surface area (Å²) in [5.74, 6) is -0.237. The van der Waals surface area contributed by atoms with Gasteiger partial charge in [0, 0.05) is 173 Å². The number of aliphatic hydroxyl groups is 4. The molecule has 20 aromatic rings. The van der Waals surface area contributed by atoms with Crippen LogP contribution in [0.15, 0.2) is 370 Å². The van der Waals surface area contributed by atoms with Gasteiger partial charge in [0.1, 0.15) is 49.5 Å². The largest absolute Gasteiger partial charge is 0.481 e. The van der Waals surface area contributed by atoms with Crippen LogP contribution in [0, 0.1) is 11.6 Å². The molecule has 8 heterocycles. The number of sulfone groups is 1. The third-order valence-electron chi connectivity index (χ3n) is 24.6. The Kier molecular flexibility index (Phi) is 31.8. The van der Waals surface area contributed by atoms with Crippen LogP contribution in [0.1, 0.15) is 111 Å². The zero-order valence-corrected chi connectivity index (χ0v) is 85.6. The van der Waals surface area contributed by atoms with E-state index in [0.717, 1.165) is 28.5 Å². The van der Waals surface area contributed by atoms with Crippen molar-refractivity contribution in [3.05, 3.63) is 549 Å². The Morgan fingerprint density at radius 1 is 0.278 bits per heavy atom. The van der Waals surface area contributed by atoms with Gasteiger partial charge in [-0.3, -0.25) is 19.9 Å². The Morgan fingerprint density at radius 2 is 0.528 bits per heavy atom. The molecule has 30 heteroatoms. The number of hydrogen-bond donors (Lipinski definition) is 4. The van der Waals surface area contributed by atoms with Gasteiger partial charge >= 0.3 is 0 Å². The maximum atomic E-state index is 13.4. The number of aromatic nitrogens is 8. The fraction of sp³-hybridized carbons (Fsp3) is 0.0877. The van der Waals surface area contributed by atoms with Gasteiger partial charge < -0.3 is 25.2 Å². The van der Waals surface area contributed by atoms with E-state index in [9.17, 15) is 37.6 Å². The van der Waals surface area contributed by atoms with E-state index >= 15 is 0 Å². The van der Waals surface area contributed by atoms with E-state index in [-0.39, 0.29) is 26.8 Å². The third-order valence-corrected chi connectivity index (χ3v) is 29.6. The van der Waals surface area contributed by atoms with Crippen LogP contribution in [0.4, 0.5) is 8.78 Å². The molecule has 144 heavy (non-hydrogen) atoms. The molecule has 0 aliphatic heterocycles. The van der Waals surface area contributed by atoms with Crippen molar-refractivity contribution in [2.45, 2.75) is 53.0 Å². The molecule has 0 bridgehead atoms. The first-order valence-electron chi connectivity index (χ1n) is 44.3. The minimum atomic E-state index is -3.31. The lowest BCUT2D eigenvalue weighted by molar-refractivity contribution is 0.125. The minimum absolute atomic E-state index is 0.232. The van der Waals surface area contributed by atoms with Gasteiger partial charge in [-0.2, -0.15) is 0 Å². The van der Waals surface area contributed by atoms with E-state index in [2.05, 4.69) is 39.9 Å². The van der Waals surface area contributed by atoms with E-state index in [0.29, 0.717) is 215 Å². The number of rotatable bonds is 22. The van der Waals surface area contributed by atoms with E-state index in [1.807, 2.05) is 78.9 Å². The van der Waals surface area contributed by atoms with Crippen molar-refractivity contribution in [3.8, 4) is 5.88 Å². The van der Waals surface area contributed by atoms with Crippen LogP contribution in [0.25, 0.3) is 43.6 Å². The van der Waals surface area contributed by atoms with Gasteiger partial charge in [0.25, 0.3) is 0 Å². The molecule has 0 aliphatic carbocycles. The second kappa shape index (κ2) is 44.4. The predicted molar refractivity (Wildman–Crippen MR) is 575 cm³/mol. The molecular weight excluding hydrogens is 2090 g/mol. The monoisotopic (exact) mass is 2160 g/mol. The van der Waals surface area contributed by atoms with E-state index in [1.54, 1.807) is 262 Å². The molecule has 8 aromatic heterocycles. The smallest absolute Gasteiger partial charge is 0.218 e. The van der Waals surface area contributed by atoms with Crippen LogP contribution in [0.3, 0.4) is 0 Å². The molecule has 0 saturated carbocycles. The second-order valence-electron chi connectivity index (χ2n) is 33.8. The number of fused-ring (bicyclic) bond motifs is 4. The highest BCUT2D eigenvalue weighted by atomic mass is 35.5. The lowest BCUT2D eigenvalue weighted by Gasteiger charge is -2.30. The van der Waals surface area contributed by atoms with Crippen molar-refractivity contribution in [1.82, 2.24) is 39.9 Å². The average Bonchev–Trinajstić information content (AvgIpc) is 0.753. The van der Waals surface area contributed by atoms with Crippen molar-refractivity contribution < 1.29 is 42.4 Å². The molecule has 4 N–H and O–H groups in total. The van der Waals surface area contributed by atoms with E-state index < -0.39 is 32.2 Å². The molecule has 4 unspecified atom stereocenters. The fourth-order valence-electron chi connectivity index (χ4n) is 17.3. The summed E-state index contributed by atoms with van der Waals surface area (Å²) in [5, 5.41) is 56.6. The van der Waals surface area contributed by atoms with Crippen molar-refractivity contribution in [3.63, 3.8) is 0 Å². The molecule has 15 nitrogen and oxygen atoms in total. The van der Waals surface area contributed by atoms with Crippen LogP contribution in [-0.2, 0) is 57.9 Å². The summed E-state index contributed by atoms with van der Waals surface area (Å²) in [6.07, 6.45) is 15.8. The summed E-state index contributed by atoms with van der Waals surface area (Å²) in [4.78, 5) is 35.4. The molecular formula is C114H78Cl12F2N8O7S. The number of methoxy groups -OCH3 is 1. The number of halogens is 14. The van der Waals surface area contributed by atoms with Gasteiger partial charge in [-0.15, -0.1) is 0 Å². The first kappa shape index (κ1) is 103. The maximum Gasteiger partial charge on any atom is 0.218 e. The molecule has 20 rings (SSSR count). The van der Waals surface area contributed by atoms with Gasteiger partial charge in [0.05, 0.1) is 54.2 Å². The van der Waals surface area contributed by atoms with Crippen molar-refractivity contribution in [2.24, 2.45) is 0 Å². The molecule has 12 aromatic carbocycles. The Bertz CT molecular complexity index is 8310. The summed E-state index contributed by atoms with van der Waals surface area (Å²) in [6.45, 7) is 0. The van der Waals surface area contributed by atoms with Crippen LogP contribution in [0.5, 0.6) is 5.88 Å². The summed E-state index contributed by atoms with van der Waals surface area (Å²) in [6, 6.07) is 90.7. The molecule has 4 atom stereocenters. The summed E-state index contributed by atoms with van der Waals surface area (Å²) >= 11 is 78.5. The van der Waals surface area contributed by atoms with Crippen molar-refractivity contribution in [1.29, 1.82) is 0 Å². The molecule has 720 valence electrons. The first-order valence-corrected chi connectivity index (χ1v) is 50.7. The van der Waals surface area contributed by atoms with Gasteiger partial charge in [-0.25, -0.2) is 37.1 Å². The zero-order chi connectivity index (χ0) is 102. The number of hydrogen-bond acceptors (Lipinski definition) is 15. The Hall–Kier alpha value is -12.2. The highest BCUT2D eigenvalue weighted by Gasteiger charge is 2.40. The van der Waals surface area contributed by atoms with E-state index in [4.69, 9.17) is 144 Å². The number of ether oxygens (including phenoxy) is 1. The lowest BCUT2D eigenvalue weighted by Crippen LogP contribution is -2.29. The van der Waals surface area contributed by atoms with E-state index in [1.165, 1.54) is 31.4 Å². The molecule has 0 amide bonds. The van der Waals surface area contributed by atoms with Crippen LogP contribution in [0.2, 0.25) is 60.7 Å². The van der Waals surface area contributed by atoms with Crippen molar-refractivity contribution in [2.75, 3.05) is 13.4 Å². The number of pyridine rings is 8. The third kappa shape index (κ3) is 22.2. The van der Waals surface area contributed by atoms with Crippen molar-refractivity contribution >= 4 is 193 Å². The normalized spacial score (nSPS) is 13.1. The zero-order valence-electron chi connectivity index (χ0n) is 75.8. The number of nitrogens with zero attached hydrogens (tertiary/aromatic N) is 8. The second-order valence-corrected chi connectivity index (χ2v) is 40.6. The van der Waals surface area contributed by atoms with Gasteiger partial charge in [-0.1, -0.05) is 285 Å². The van der Waals surface area contributed by atoms with Gasteiger partial charge in [0.15, 0.2) is 9.84 Å².